The van der Waals surface area contributed by atoms with Crippen LogP contribution in [-0.4, -0.2) is 21.5 Å². The van der Waals surface area contributed by atoms with Crippen molar-refractivity contribution >= 4 is 55.2 Å². The molecule has 3 aromatic carbocycles. The average Bonchev–Trinajstić information content (AvgIpc) is 3.64. The number of hydrogen-bond donors (Lipinski definition) is 0. The largest absolute Gasteiger partial charge is 0.288 e. The third-order valence-electron chi connectivity index (χ3n) is 12.8. The highest BCUT2D eigenvalue weighted by molar-refractivity contribution is 7.21. The molecule has 0 aliphatic heterocycles. The Hall–Kier alpha value is -4.22. The van der Waals surface area contributed by atoms with Gasteiger partial charge in [-0.1, -0.05) is 154 Å². The fraction of sp³-hybridized carbons (Fsp3) is 0.462. The quantitative estimate of drug-likeness (QED) is 0.0643. The van der Waals surface area contributed by atoms with Crippen LogP contribution in [0.25, 0.3) is 53.5 Å². The predicted molar refractivity (Wildman–Crippen MR) is 241 cm³/mol. The Bertz CT molecular complexity index is 2240. The second kappa shape index (κ2) is 18.6. The van der Waals surface area contributed by atoms with Crippen molar-refractivity contribution in [2.45, 2.75) is 155 Å². The number of nitrogens with zero attached hydrogens (tertiary/aromatic N) is 2. The van der Waals surface area contributed by atoms with E-state index in [0.29, 0.717) is 22.3 Å². The third-order valence-corrected chi connectivity index (χ3v) is 14.0. The maximum atomic E-state index is 14.4. The average molecular weight is 777 g/mol. The molecule has 8 rings (SSSR count). The second-order valence-corrected chi connectivity index (χ2v) is 18.0. The summed E-state index contributed by atoms with van der Waals surface area (Å²) in [5.74, 6) is -0.0119. The molecule has 0 saturated heterocycles. The van der Waals surface area contributed by atoms with E-state index in [0.717, 1.165) is 66.3 Å². The van der Waals surface area contributed by atoms with Crippen LogP contribution in [-0.2, 0) is 12.8 Å². The van der Waals surface area contributed by atoms with Crippen molar-refractivity contribution in [2.24, 2.45) is 0 Å². The number of ketones is 2. The van der Waals surface area contributed by atoms with Crippen LogP contribution in [0.15, 0.2) is 60.9 Å². The van der Waals surface area contributed by atoms with Gasteiger partial charge in [-0.3, -0.25) is 19.6 Å². The van der Waals surface area contributed by atoms with Gasteiger partial charge in [0.05, 0.1) is 32.3 Å². The molecule has 0 fully saturated rings. The first-order valence-corrected chi connectivity index (χ1v) is 23.4. The van der Waals surface area contributed by atoms with Gasteiger partial charge in [-0.25, -0.2) is 0 Å². The van der Waals surface area contributed by atoms with E-state index < -0.39 is 0 Å². The van der Waals surface area contributed by atoms with Gasteiger partial charge < -0.3 is 0 Å². The molecule has 4 nitrogen and oxygen atoms in total. The second-order valence-electron chi connectivity index (χ2n) is 17.0. The molecule has 0 saturated carbocycles. The van der Waals surface area contributed by atoms with Crippen LogP contribution in [0.3, 0.4) is 0 Å². The fourth-order valence-corrected chi connectivity index (χ4v) is 10.9. The minimum Gasteiger partial charge on any atom is -0.288 e. The predicted octanol–water partition coefficient (Wildman–Crippen LogP) is 15.3. The number of pyridine rings is 2. The van der Waals surface area contributed by atoms with Crippen molar-refractivity contribution in [1.82, 2.24) is 9.97 Å². The number of fused-ring (bicyclic) bond motifs is 8. The van der Waals surface area contributed by atoms with Crippen molar-refractivity contribution in [3.8, 4) is 21.1 Å². The zero-order chi connectivity index (χ0) is 39.1. The van der Waals surface area contributed by atoms with E-state index in [1.54, 1.807) is 11.3 Å². The molecule has 0 unspecified atom stereocenters. The molecule has 296 valence electrons. The number of hydrogen-bond acceptors (Lipinski definition) is 5. The lowest BCUT2D eigenvalue weighted by molar-refractivity contribution is 0.103. The van der Waals surface area contributed by atoms with Crippen LogP contribution in [0.2, 0.25) is 0 Å². The number of unbranched alkanes of at least 4 members (excludes halogenated alkanes) is 18. The molecule has 6 aromatic rings. The Balaban J connectivity index is 0.978. The molecular weight excluding hydrogens is 717 g/mol. The number of aryl methyl sites for hydroxylation is 2. The summed E-state index contributed by atoms with van der Waals surface area (Å²) in [5.41, 5.74) is 6.77. The molecule has 5 heteroatoms. The number of carbonyl (C=O) groups excluding carboxylic acids is 2. The van der Waals surface area contributed by atoms with Crippen LogP contribution in [0.5, 0.6) is 0 Å². The highest BCUT2D eigenvalue weighted by Crippen LogP contribution is 2.53. The Morgan fingerprint density at radius 2 is 0.825 bits per heavy atom. The van der Waals surface area contributed by atoms with Gasteiger partial charge in [0.15, 0.2) is 11.6 Å². The molecular formula is C52H60N2O2S. The monoisotopic (exact) mass is 776 g/mol. The lowest BCUT2D eigenvalue weighted by Gasteiger charge is -2.20. The number of benzene rings is 3. The zero-order valence-electron chi connectivity index (χ0n) is 34.4. The van der Waals surface area contributed by atoms with Crippen LogP contribution in [0.4, 0.5) is 0 Å². The van der Waals surface area contributed by atoms with Gasteiger partial charge in [0.2, 0.25) is 0 Å². The summed E-state index contributed by atoms with van der Waals surface area (Å²) >= 11 is 1.63. The topological polar surface area (TPSA) is 59.9 Å². The smallest absolute Gasteiger partial charge is 0.196 e. The first-order chi connectivity index (χ1) is 28.1. The lowest BCUT2D eigenvalue weighted by Crippen LogP contribution is -2.14. The maximum Gasteiger partial charge on any atom is 0.196 e. The summed E-state index contributed by atoms with van der Waals surface area (Å²) in [6, 6.07) is 16.9. The van der Waals surface area contributed by atoms with Gasteiger partial charge in [0.1, 0.15) is 0 Å². The minimum atomic E-state index is -0.00593. The summed E-state index contributed by atoms with van der Waals surface area (Å²) in [6.07, 6.45) is 32.6. The molecule has 0 spiro atoms. The highest BCUT2D eigenvalue weighted by Gasteiger charge is 2.37. The highest BCUT2D eigenvalue weighted by atomic mass is 32.1. The number of aromatic nitrogens is 2. The molecule has 2 aliphatic carbocycles. The molecule has 0 atom stereocenters. The molecule has 0 amide bonds. The van der Waals surface area contributed by atoms with E-state index in [1.807, 2.05) is 24.5 Å². The first-order valence-electron chi connectivity index (χ1n) is 22.6. The van der Waals surface area contributed by atoms with Gasteiger partial charge in [-0.2, -0.15) is 0 Å². The van der Waals surface area contributed by atoms with Crippen LogP contribution in [0.1, 0.15) is 185 Å². The lowest BCUT2D eigenvalue weighted by atomic mass is 9.82. The van der Waals surface area contributed by atoms with Crippen molar-refractivity contribution in [2.75, 3.05) is 0 Å². The van der Waals surface area contributed by atoms with Crippen molar-refractivity contribution < 1.29 is 9.59 Å². The van der Waals surface area contributed by atoms with E-state index in [4.69, 9.17) is 9.97 Å². The van der Waals surface area contributed by atoms with Gasteiger partial charge in [-0.05, 0) is 71.8 Å². The third kappa shape index (κ3) is 8.24. The van der Waals surface area contributed by atoms with E-state index in [9.17, 15) is 9.59 Å². The molecule has 57 heavy (non-hydrogen) atoms. The van der Waals surface area contributed by atoms with E-state index in [1.165, 1.54) is 140 Å². The van der Waals surface area contributed by atoms with Gasteiger partial charge >= 0.3 is 0 Å². The number of thiophene rings is 1. The SMILES string of the molecule is CCCCCCCCCCCCc1ccc2c3c(ncc2c1)-c1sc2c4c(ccc(c14)C3=O)C(=O)c1c-2ncc2cc(CCCCCCCCCCCC)ccc12. The summed E-state index contributed by atoms with van der Waals surface area (Å²) in [7, 11) is 0. The summed E-state index contributed by atoms with van der Waals surface area (Å²) < 4.78 is 0. The van der Waals surface area contributed by atoms with Crippen molar-refractivity contribution in [3.63, 3.8) is 0 Å². The van der Waals surface area contributed by atoms with E-state index in [2.05, 4.69) is 50.2 Å². The number of rotatable bonds is 22. The molecule has 3 heterocycles. The Morgan fingerprint density at radius 3 is 1.21 bits per heavy atom. The summed E-state index contributed by atoms with van der Waals surface area (Å²) in [4.78, 5) is 40.7. The summed E-state index contributed by atoms with van der Waals surface area (Å²) in [5, 5.41) is 5.68. The summed E-state index contributed by atoms with van der Waals surface area (Å²) in [6.45, 7) is 4.55. The molecule has 0 N–H and O–H groups in total. The van der Waals surface area contributed by atoms with Crippen LogP contribution >= 0.6 is 11.3 Å². The molecule has 0 bridgehead atoms. The Morgan fingerprint density at radius 1 is 0.456 bits per heavy atom. The van der Waals surface area contributed by atoms with Crippen LogP contribution in [0, 0.1) is 0 Å². The standard InChI is InChI=1S/C52H60N2O2S/c1-3-5-7-9-11-13-15-17-19-21-23-35-25-27-39-37(31-35)33-53-47-45(39)49(55)41-29-30-42-44-43(41)51(47)57-52(44)48-46(50(42)56)40-28-26-36(32-38(40)34-54-48)24-22-20-18-16-14-12-10-8-6-4-2/h25-34H,3-24H2,1-2H3. The fourth-order valence-electron chi connectivity index (χ4n) is 9.55. The van der Waals surface area contributed by atoms with E-state index in [-0.39, 0.29) is 11.6 Å². The van der Waals surface area contributed by atoms with Gasteiger partial charge in [0, 0.05) is 45.1 Å². The first kappa shape index (κ1) is 39.6. The molecule has 2 aliphatic rings. The minimum absolute atomic E-state index is 0.00593. The maximum absolute atomic E-state index is 14.4. The molecule has 3 aromatic heterocycles. The van der Waals surface area contributed by atoms with Gasteiger partial charge in [0.25, 0.3) is 0 Å². The Labute approximate surface area is 343 Å². The van der Waals surface area contributed by atoms with Crippen molar-refractivity contribution in [1.29, 1.82) is 0 Å². The van der Waals surface area contributed by atoms with Crippen molar-refractivity contribution in [3.05, 3.63) is 94.3 Å². The normalized spacial score (nSPS) is 12.9. The van der Waals surface area contributed by atoms with E-state index >= 15 is 0 Å². The zero-order valence-corrected chi connectivity index (χ0v) is 35.3. The van der Waals surface area contributed by atoms with Crippen LogP contribution < -0.4 is 0 Å². The molecule has 0 radical (unpaired) electrons. The Kier molecular flexibility index (Phi) is 12.9. The van der Waals surface area contributed by atoms with Gasteiger partial charge in [-0.15, -0.1) is 11.3 Å². The number of carbonyl (C=O) groups is 2.